The zero-order valence-electron chi connectivity index (χ0n) is 10.8. The van der Waals surface area contributed by atoms with Gasteiger partial charge in [0.15, 0.2) is 5.69 Å². The van der Waals surface area contributed by atoms with Gasteiger partial charge in [0.1, 0.15) is 5.01 Å². The fourth-order valence-electron chi connectivity index (χ4n) is 3.08. The number of carboxylic acid groups (broad SMARTS) is 1. The Morgan fingerprint density at radius 3 is 2.70 bits per heavy atom. The van der Waals surface area contributed by atoms with Gasteiger partial charge in [-0.05, 0) is 12.8 Å². The van der Waals surface area contributed by atoms with E-state index in [1.165, 1.54) is 10.3 Å². The van der Waals surface area contributed by atoms with Crippen LogP contribution in [0.3, 0.4) is 0 Å². The molecular formula is C13H14N2O4S. The summed E-state index contributed by atoms with van der Waals surface area (Å²) < 4.78 is 0. The second-order valence-corrected chi connectivity index (χ2v) is 6.32. The average Bonchev–Trinajstić information content (AvgIpc) is 3.08. The summed E-state index contributed by atoms with van der Waals surface area (Å²) in [4.78, 5) is 40.5. The molecule has 1 aromatic rings. The molecule has 3 rings (SSSR count). The van der Waals surface area contributed by atoms with E-state index in [0.29, 0.717) is 11.4 Å². The lowest BCUT2D eigenvalue weighted by Gasteiger charge is -2.20. The Morgan fingerprint density at radius 1 is 1.40 bits per heavy atom. The first kappa shape index (κ1) is 13.2. The Hall–Kier alpha value is -1.76. The third-order valence-corrected chi connectivity index (χ3v) is 4.95. The number of hydrogen-bond acceptors (Lipinski definition) is 5. The number of rotatable bonds is 3. The molecule has 6 nitrogen and oxygen atoms in total. The fourth-order valence-corrected chi connectivity index (χ4v) is 3.84. The largest absolute Gasteiger partial charge is 0.476 e. The minimum absolute atomic E-state index is 0.0420. The highest BCUT2D eigenvalue weighted by molar-refractivity contribution is 7.09. The Labute approximate surface area is 119 Å². The zero-order valence-corrected chi connectivity index (χ0v) is 11.6. The van der Waals surface area contributed by atoms with Crippen LogP contribution in [0.15, 0.2) is 5.38 Å². The zero-order chi connectivity index (χ0) is 14.3. The van der Waals surface area contributed by atoms with Gasteiger partial charge >= 0.3 is 5.97 Å². The van der Waals surface area contributed by atoms with Crippen LogP contribution in [-0.4, -0.2) is 32.8 Å². The summed E-state index contributed by atoms with van der Waals surface area (Å²) in [5.41, 5.74) is -0.524. The van der Waals surface area contributed by atoms with Crippen molar-refractivity contribution in [2.45, 2.75) is 38.6 Å². The fraction of sp³-hybridized carbons (Fsp3) is 0.538. The topological polar surface area (TPSA) is 87.6 Å². The standard InChI is InChI=1S/C13H14N2O4S/c16-10-5-13(3-1-2-4-13)12(19)15(10)6-9-14-8(7-20-9)11(17)18/h7H,1-6H2,(H,17,18). The summed E-state index contributed by atoms with van der Waals surface area (Å²) in [7, 11) is 0. The highest BCUT2D eigenvalue weighted by Gasteiger charge is 2.52. The highest BCUT2D eigenvalue weighted by Crippen LogP contribution is 2.47. The van der Waals surface area contributed by atoms with Gasteiger partial charge in [-0.15, -0.1) is 11.3 Å². The molecule has 1 saturated carbocycles. The second-order valence-electron chi connectivity index (χ2n) is 5.38. The number of imide groups is 1. The highest BCUT2D eigenvalue weighted by atomic mass is 32.1. The molecule has 0 unspecified atom stereocenters. The number of carbonyl (C=O) groups is 3. The summed E-state index contributed by atoms with van der Waals surface area (Å²) in [6, 6.07) is 0. The van der Waals surface area contributed by atoms with Crippen LogP contribution < -0.4 is 0 Å². The quantitative estimate of drug-likeness (QED) is 0.857. The number of aromatic nitrogens is 1. The van der Waals surface area contributed by atoms with Crippen LogP contribution in [0.1, 0.15) is 47.6 Å². The van der Waals surface area contributed by atoms with Gasteiger partial charge in [0.2, 0.25) is 11.8 Å². The summed E-state index contributed by atoms with van der Waals surface area (Å²) in [5.74, 6) is -1.37. The average molecular weight is 294 g/mol. The molecule has 2 fully saturated rings. The molecule has 2 amide bonds. The number of likely N-dealkylation sites (tertiary alicyclic amines) is 1. The van der Waals surface area contributed by atoms with E-state index in [0.717, 1.165) is 37.0 Å². The van der Waals surface area contributed by atoms with Crippen molar-refractivity contribution >= 4 is 29.1 Å². The van der Waals surface area contributed by atoms with E-state index < -0.39 is 11.4 Å². The summed E-state index contributed by atoms with van der Waals surface area (Å²) in [6.07, 6.45) is 3.85. The number of carboxylic acids is 1. The maximum Gasteiger partial charge on any atom is 0.355 e. The van der Waals surface area contributed by atoms with Crippen LogP contribution in [0.4, 0.5) is 0 Å². The van der Waals surface area contributed by atoms with E-state index in [-0.39, 0.29) is 24.1 Å². The maximum absolute atomic E-state index is 12.5. The normalized spacial score (nSPS) is 21.1. The predicted molar refractivity (Wildman–Crippen MR) is 70.1 cm³/mol. The number of hydrogen-bond donors (Lipinski definition) is 1. The minimum atomic E-state index is -1.10. The first-order chi connectivity index (χ1) is 9.52. The van der Waals surface area contributed by atoms with Gasteiger partial charge in [0, 0.05) is 11.8 Å². The van der Waals surface area contributed by atoms with Crippen molar-refractivity contribution in [3.05, 3.63) is 16.1 Å². The summed E-state index contributed by atoms with van der Waals surface area (Å²) in [5, 5.41) is 10.7. The first-order valence-electron chi connectivity index (χ1n) is 6.54. The van der Waals surface area contributed by atoms with Crippen molar-refractivity contribution in [3.8, 4) is 0 Å². The van der Waals surface area contributed by atoms with Crippen molar-refractivity contribution in [2.75, 3.05) is 0 Å². The molecule has 0 aromatic carbocycles. The molecule has 1 N–H and O–H groups in total. The van der Waals surface area contributed by atoms with Gasteiger partial charge in [-0.1, -0.05) is 12.8 Å². The molecule has 0 radical (unpaired) electrons. The van der Waals surface area contributed by atoms with E-state index in [1.54, 1.807) is 0 Å². The van der Waals surface area contributed by atoms with Crippen LogP contribution in [-0.2, 0) is 16.1 Å². The van der Waals surface area contributed by atoms with Gasteiger partial charge in [-0.3, -0.25) is 14.5 Å². The van der Waals surface area contributed by atoms with Crippen molar-refractivity contribution in [1.82, 2.24) is 9.88 Å². The molecule has 2 aliphatic rings. The summed E-state index contributed by atoms with van der Waals surface area (Å²) in [6.45, 7) is 0.0946. The van der Waals surface area contributed by atoms with Gasteiger partial charge in [-0.25, -0.2) is 9.78 Å². The molecule has 2 heterocycles. The van der Waals surface area contributed by atoms with Crippen molar-refractivity contribution in [2.24, 2.45) is 5.41 Å². The number of thiazole rings is 1. The molecule has 1 aromatic heterocycles. The SMILES string of the molecule is O=C(O)c1csc(CN2C(=O)CC3(CCCC3)C2=O)n1. The molecule has 20 heavy (non-hydrogen) atoms. The van der Waals surface area contributed by atoms with Crippen LogP contribution in [0.25, 0.3) is 0 Å². The number of aromatic carboxylic acids is 1. The third-order valence-electron chi connectivity index (χ3n) is 4.11. The molecule has 1 saturated heterocycles. The lowest BCUT2D eigenvalue weighted by atomic mass is 9.84. The van der Waals surface area contributed by atoms with E-state index in [1.807, 2.05) is 0 Å². The van der Waals surface area contributed by atoms with Gasteiger partial charge < -0.3 is 5.11 Å². The van der Waals surface area contributed by atoms with Crippen molar-refractivity contribution in [1.29, 1.82) is 0 Å². The maximum atomic E-state index is 12.5. The van der Waals surface area contributed by atoms with E-state index in [4.69, 9.17) is 5.11 Å². The first-order valence-corrected chi connectivity index (χ1v) is 7.42. The molecule has 1 aliphatic heterocycles. The lowest BCUT2D eigenvalue weighted by molar-refractivity contribution is -0.142. The predicted octanol–water partition coefficient (Wildman–Crippen LogP) is 1.66. The molecular weight excluding hydrogens is 280 g/mol. The molecule has 7 heteroatoms. The Bertz CT molecular complexity index is 589. The third kappa shape index (κ3) is 2.02. The van der Waals surface area contributed by atoms with E-state index >= 15 is 0 Å². The van der Waals surface area contributed by atoms with Crippen molar-refractivity contribution < 1.29 is 19.5 Å². The molecule has 1 aliphatic carbocycles. The number of carbonyl (C=O) groups excluding carboxylic acids is 2. The van der Waals surface area contributed by atoms with Gasteiger partial charge in [0.05, 0.1) is 12.0 Å². The summed E-state index contributed by atoms with van der Waals surface area (Å²) >= 11 is 1.16. The van der Waals surface area contributed by atoms with Gasteiger partial charge in [-0.2, -0.15) is 0 Å². The van der Waals surface area contributed by atoms with E-state index in [9.17, 15) is 14.4 Å². The van der Waals surface area contributed by atoms with Crippen LogP contribution in [0.5, 0.6) is 0 Å². The van der Waals surface area contributed by atoms with Crippen LogP contribution in [0.2, 0.25) is 0 Å². The second kappa shape index (κ2) is 4.66. The Kier molecular flexibility index (Phi) is 3.08. The Balaban J connectivity index is 1.78. The minimum Gasteiger partial charge on any atom is -0.476 e. The van der Waals surface area contributed by atoms with Crippen LogP contribution in [0, 0.1) is 5.41 Å². The Morgan fingerprint density at radius 2 is 2.10 bits per heavy atom. The molecule has 1 spiro atoms. The monoisotopic (exact) mass is 294 g/mol. The molecule has 0 atom stereocenters. The van der Waals surface area contributed by atoms with Gasteiger partial charge in [0.25, 0.3) is 0 Å². The van der Waals surface area contributed by atoms with E-state index in [2.05, 4.69) is 4.98 Å². The number of amides is 2. The number of nitrogens with zero attached hydrogens (tertiary/aromatic N) is 2. The molecule has 0 bridgehead atoms. The smallest absolute Gasteiger partial charge is 0.355 e. The molecule has 106 valence electrons. The lowest BCUT2D eigenvalue weighted by Crippen LogP contribution is -2.33. The van der Waals surface area contributed by atoms with Crippen molar-refractivity contribution in [3.63, 3.8) is 0 Å². The van der Waals surface area contributed by atoms with Crippen LogP contribution >= 0.6 is 11.3 Å².